The van der Waals surface area contributed by atoms with Crippen LogP contribution >= 0.6 is 35.7 Å². The number of guanidine groups is 1. The number of carbonyl (C=O) groups excluding carboxylic acids is 1. The monoisotopic (exact) mass is 450 g/mol. The summed E-state index contributed by atoms with van der Waals surface area (Å²) in [6.45, 7) is 4.49. The molecule has 0 fully saturated rings. The molecule has 0 atom stereocenters. The van der Waals surface area contributed by atoms with E-state index in [1.165, 1.54) is 0 Å². The molecule has 5 nitrogen and oxygen atoms in total. The number of thioether (sulfide) groups is 1. The SMILES string of the molecule is CCNC(=NCCSC)NCCc1cccc(C(=O)NC)c1.I. The van der Waals surface area contributed by atoms with E-state index in [0.29, 0.717) is 5.56 Å². The van der Waals surface area contributed by atoms with E-state index in [0.717, 1.165) is 43.3 Å². The first-order valence-corrected chi connectivity index (χ1v) is 8.92. The van der Waals surface area contributed by atoms with Crippen LogP contribution < -0.4 is 16.0 Å². The molecule has 0 aliphatic rings. The van der Waals surface area contributed by atoms with Gasteiger partial charge in [0.25, 0.3) is 5.91 Å². The predicted octanol–water partition coefficient (Wildman–Crippen LogP) is 2.12. The molecule has 23 heavy (non-hydrogen) atoms. The van der Waals surface area contributed by atoms with E-state index in [4.69, 9.17) is 0 Å². The van der Waals surface area contributed by atoms with Crippen molar-refractivity contribution in [1.82, 2.24) is 16.0 Å². The maximum atomic E-state index is 11.6. The Hall–Kier alpha value is -0.960. The first-order chi connectivity index (χ1) is 10.7. The van der Waals surface area contributed by atoms with Crippen LogP contribution in [0, 0.1) is 0 Å². The third-order valence-corrected chi connectivity index (χ3v) is 3.62. The molecule has 0 radical (unpaired) electrons. The number of hydrogen-bond acceptors (Lipinski definition) is 3. The summed E-state index contributed by atoms with van der Waals surface area (Å²) in [5.74, 6) is 1.81. The highest BCUT2D eigenvalue weighted by atomic mass is 127. The molecule has 0 aliphatic carbocycles. The van der Waals surface area contributed by atoms with Gasteiger partial charge in [-0.1, -0.05) is 12.1 Å². The molecule has 3 N–H and O–H groups in total. The number of carbonyl (C=O) groups is 1. The third kappa shape index (κ3) is 9.04. The van der Waals surface area contributed by atoms with Crippen molar-refractivity contribution in [3.05, 3.63) is 35.4 Å². The van der Waals surface area contributed by atoms with Gasteiger partial charge in [-0.15, -0.1) is 24.0 Å². The highest BCUT2D eigenvalue weighted by molar-refractivity contribution is 14.0. The van der Waals surface area contributed by atoms with Crippen molar-refractivity contribution in [2.24, 2.45) is 4.99 Å². The highest BCUT2D eigenvalue weighted by Gasteiger charge is 2.04. The lowest BCUT2D eigenvalue weighted by atomic mass is 10.1. The molecule has 1 rings (SSSR count). The van der Waals surface area contributed by atoms with Crippen molar-refractivity contribution < 1.29 is 4.79 Å². The lowest BCUT2D eigenvalue weighted by molar-refractivity contribution is 0.0963. The van der Waals surface area contributed by atoms with Crippen LogP contribution in [0.4, 0.5) is 0 Å². The average molecular weight is 450 g/mol. The van der Waals surface area contributed by atoms with Crippen LogP contribution in [-0.2, 0) is 6.42 Å². The largest absolute Gasteiger partial charge is 0.357 e. The van der Waals surface area contributed by atoms with Gasteiger partial charge in [0.05, 0.1) is 6.54 Å². The summed E-state index contributed by atoms with van der Waals surface area (Å²) in [7, 11) is 1.64. The number of aliphatic imine (C=N–C) groups is 1. The van der Waals surface area contributed by atoms with E-state index in [1.807, 2.05) is 24.3 Å². The average Bonchev–Trinajstić information content (AvgIpc) is 2.54. The van der Waals surface area contributed by atoms with Crippen molar-refractivity contribution in [3.8, 4) is 0 Å². The molecule has 0 saturated heterocycles. The number of hydrogen-bond donors (Lipinski definition) is 3. The molecule has 7 heteroatoms. The Kier molecular flexibility index (Phi) is 12.9. The van der Waals surface area contributed by atoms with Gasteiger partial charge >= 0.3 is 0 Å². The summed E-state index contributed by atoms with van der Waals surface area (Å²) in [4.78, 5) is 16.1. The Labute approximate surface area is 160 Å². The minimum Gasteiger partial charge on any atom is -0.357 e. The van der Waals surface area contributed by atoms with Gasteiger partial charge in [-0.2, -0.15) is 11.8 Å². The number of benzene rings is 1. The second-order valence-corrected chi connectivity index (χ2v) is 5.70. The van der Waals surface area contributed by atoms with Crippen molar-refractivity contribution in [2.75, 3.05) is 38.7 Å². The van der Waals surface area contributed by atoms with Crippen LogP contribution in [0.25, 0.3) is 0 Å². The van der Waals surface area contributed by atoms with E-state index in [9.17, 15) is 4.79 Å². The maximum absolute atomic E-state index is 11.6. The molecule has 0 aromatic heterocycles. The quantitative estimate of drug-likeness (QED) is 0.246. The molecule has 0 saturated carbocycles. The standard InChI is InChI=1S/C16H26N4OS.HI/c1-4-18-16(20-10-11-22-3)19-9-8-13-6-5-7-14(12-13)15(21)17-2;/h5-7,12H,4,8-11H2,1-3H3,(H,17,21)(H2,18,19,20);1H. The Morgan fingerprint density at radius 1 is 1.30 bits per heavy atom. The van der Waals surface area contributed by atoms with Gasteiger partial charge in [0.2, 0.25) is 0 Å². The van der Waals surface area contributed by atoms with E-state index in [-0.39, 0.29) is 29.9 Å². The fraction of sp³-hybridized carbons (Fsp3) is 0.500. The fourth-order valence-corrected chi connectivity index (χ4v) is 2.20. The molecule has 1 amide bonds. The number of nitrogens with one attached hydrogen (secondary N) is 3. The second-order valence-electron chi connectivity index (χ2n) is 4.71. The van der Waals surface area contributed by atoms with E-state index in [2.05, 4.69) is 34.1 Å². The summed E-state index contributed by atoms with van der Waals surface area (Å²) in [6, 6.07) is 7.70. The lowest BCUT2D eigenvalue weighted by Crippen LogP contribution is -2.38. The van der Waals surface area contributed by atoms with Crippen LogP contribution in [0.15, 0.2) is 29.3 Å². The van der Waals surface area contributed by atoms with Gasteiger partial charge in [-0.3, -0.25) is 9.79 Å². The molecule has 0 heterocycles. The number of amides is 1. The molecule has 0 unspecified atom stereocenters. The summed E-state index contributed by atoms with van der Waals surface area (Å²) < 4.78 is 0. The smallest absolute Gasteiger partial charge is 0.251 e. The van der Waals surface area contributed by atoms with Crippen molar-refractivity contribution in [1.29, 1.82) is 0 Å². The number of halogens is 1. The van der Waals surface area contributed by atoms with Crippen LogP contribution in [0.1, 0.15) is 22.8 Å². The molecule has 130 valence electrons. The Morgan fingerprint density at radius 2 is 2.09 bits per heavy atom. The first-order valence-electron chi connectivity index (χ1n) is 7.53. The van der Waals surface area contributed by atoms with Gasteiger partial charge in [-0.05, 0) is 37.3 Å². The summed E-state index contributed by atoms with van der Waals surface area (Å²) in [5.41, 5.74) is 1.83. The molecular weight excluding hydrogens is 423 g/mol. The predicted molar refractivity (Wildman–Crippen MR) is 111 cm³/mol. The van der Waals surface area contributed by atoms with Crippen LogP contribution in [-0.4, -0.2) is 50.6 Å². The van der Waals surface area contributed by atoms with Gasteiger partial charge < -0.3 is 16.0 Å². The Bertz CT molecular complexity index is 497. The topological polar surface area (TPSA) is 65.5 Å². The number of nitrogens with zero attached hydrogens (tertiary/aromatic N) is 1. The summed E-state index contributed by atoms with van der Waals surface area (Å²) in [6.07, 6.45) is 2.92. The zero-order chi connectivity index (χ0) is 16.2. The van der Waals surface area contributed by atoms with Crippen molar-refractivity contribution in [3.63, 3.8) is 0 Å². The van der Waals surface area contributed by atoms with Crippen LogP contribution in [0.5, 0.6) is 0 Å². The zero-order valence-electron chi connectivity index (χ0n) is 14.0. The van der Waals surface area contributed by atoms with E-state index in [1.54, 1.807) is 18.8 Å². The van der Waals surface area contributed by atoms with Crippen molar-refractivity contribution in [2.45, 2.75) is 13.3 Å². The summed E-state index contributed by atoms with van der Waals surface area (Å²) >= 11 is 1.79. The summed E-state index contributed by atoms with van der Waals surface area (Å²) in [5, 5.41) is 9.19. The second kappa shape index (κ2) is 13.5. The minimum atomic E-state index is -0.0539. The lowest BCUT2D eigenvalue weighted by Gasteiger charge is -2.11. The van der Waals surface area contributed by atoms with Crippen LogP contribution in [0.2, 0.25) is 0 Å². The molecule has 1 aromatic rings. The van der Waals surface area contributed by atoms with Crippen LogP contribution in [0.3, 0.4) is 0 Å². The molecular formula is C16H27IN4OS. The van der Waals surface area contributed by atoms with Gasteiger partial charge in [0.15, 0.2) is 5.96 Å². The Balaban J connectivity index is 0.00000484. The maximum Gasteiger partial charge on any atom is 0.251 e. The molecule has 0 spiro atoms. The van der Waals surface area contributed by atoms with Gasteiger partial charge in [-0.25, -0.2) is 0 Å². The van der Waals surface area contributed by atoms with E-state index < -0.39 is 0 Å². The van der Waals surface area contributed by atoms with Gasteiger partial charge in [0.1, 0.15) is 0 Å². The van der Waals surface area contributed by atoms with Gasteiger partial charge in [0, 0.05) is 31.5 Å². The molecule has 0 aliphatic heterocycles. The third-order valence-electron chi connectivity index (χ3n) is 3.03. The van der Waals surface area contributed by atoms with E-state index >= 15 is 0 Å². The Morgan fingerprint density at radius 3 is 2.74 bits per heavy atom. The fourth-order valence-electron chi connectivity index (χ4n) is 1.93. The highest BCUT2D eigenvalue weighted by Crippen LogP contribution is 2.05. The molecule has 0 bridgehead atoms. The minimum absolute atomic E-state index is 0. The first kappa shape index (κ1) is 22.0. The zero-order valence-corrected chi connectivity index (χ0v) is 17.2. The van der Waals surface area contributed by atoms with Crippen molar-refractivity contribution >= 4 is 47.6 Å². The molecule has 1 aromatic carbocycles. The number of rotatable bonds is 8. The normalized spacial score (nSPS) is 10.7.